The maximum absolute atomic E-state index is 11.6. The molecular weight excluding hydrogens is 276 g/mol. The van der Waals surface area contributed by atoms with Gasteiger partial charge in [-0.3, -0.25) is 15.1 Å². The second-order valence-electron chi connectivity index (χ2n) is 5.08. The number of hydrogen-bond acceptors (Lipinski definition) is 4. The van der Waals surface area contributed by atoms with E-state index in [1.165, 1.54) is 0 Å². The van der Waals surface area contributed by atoms with Crippen LogP contribution in [0.3, 0.4) is 0 Å². The summed E-state index contributed by atoms with van der Waals surface area (Å²) >= 11 is 6.11. The number of anilines is 1. The van der Waals surface area contributed by atoms with Gasteiger partial charge < -0.3 is 0 Å². The number of carbonyl (C=O) groups is 1. The molecule has 1 unspecified atom stereocenters. The van der Waals surface area contributed by atoms with Crippen molar-refractivity contribution in [1.82, 2.24) is 9.97 Å². The first-order valence-corrected chi connectivity index (χ1v) is 7.12. The van der Waals surface area contributed by atoms with Crippen molar-refractivity contribution >= 4 is 35.4 Å². The van der Waals surface area contributed by atoms with E-state index >= 15 is 0 Å². The van der Waals surface area contributed by atoms with Crippen molar-refractivity contribution in [3.8, 4) is 0 Å². The Morgan fingerprint density at radius 1 is 1.40 bits per heavy atom. The third-order valence-corrected chi connectivity index (χ3v) is 3.14. The maximum Gasteiger partial charge on any atom is 0.231 e. The summed E-state index contributed by atoms with van der Waals surface area (Å²) in [6.45, 7) is 9.56. The molecule has 0 aliphatic carbocycles. The van der Waals surface area contributed by atoms with Gasteiger partial charge in [-0.15, -0.1) is 0 Å². The molecule has 1 heterocycles. The topological polar surface area (TPSA) is 67.2 Å². The first-order valence-electron chi connectivity index (χ1n) is 6.74. The van der Waals surface area contributed by atoms with Crippen LogP contribution in [-0.4, -0.2) is 22.1 Å². The van der Waals surface area contributed by atoms with Gasteiger partial charge in [0.05, 0.1) is 5.69 Å². The van der Waals surface area contributed by atoms with E-state index in [4.69, 9.17) is 11.6 Å². The van der Waals surface area contributed by atoms with Crippen LogP contribution in [0.4, 0.5) is 11.6 Å². The zero-order valence-electron chi connectivity index (χ0n) is 12.6. The monoisotopic (exact) mass is 296 g/mol. The molecular formula is C14H21ClN4O. The van der Waals surface area contributed by atoms with E-state index in [1.54, 1.807) is 20.8 Å². The van der Waals surface area contributed by atoms with Crippen LogP contribution in [0, 0.1) is 18.8 Å². The van der Waals surface area contributed by atoms with Crippen LogP contribution in [0.15, 0.2) is 4.99 Å². The van der Waals surface area contributed by atoms with Crippen molar-refractivity contribution in [2.75, 3.05) is 5.32 Å². The Kier molecular flexibility index (Phi) is 6.07. The van der Waals surface area contributed by atoms with Gasteiger partial charge >= 0.3 is 0 Å². The fourth-order valence-corrected chi connectivity index (χ4v) is 1.56. The van der Waals surface area contributed by atoms with Gasteiger partial charge in [0.1, 0.15) is 5.69 Å². The van der Waals surface area contributed by atoms with Crippen LogP contribution in [-0.2, 0) is 4.79 Å². The van der Waals surface area contributed by atoms with E-state index in [9.17, 15) is 4.79 Å². The molecule has 1 atom stereocenters. The lowest BCUT2D eigenvalue weighted by Gasteiger charge is -2.09. The molecule has 1 rings (SSSR count). The number of aliphatic imine (C=N–C) groups is 1. The van der Waals surface area contributed by atoms with Gasteiger partial charge in [0.2, 0.25) is 11.9 Å². The number of carbonyl (C=O) groups excluding carboxylic acids is 1. The highest BCUT2D eigenvalue weighted by Crippen LogP contribution is 2.27. The number of halogens is 1. The minimum absolute atomic E-state index is 0.138. The largest absolute Gasteiger partial charge is 0.294 e. The molecule has 0 saturated carbocycles. The van der Waals surface area contributed by atoms with Crippen LogP contribution in [0.1, 0.15) is 39.8 Å². The lowest BCUT2D eigenvalue weighted by Crippen LogP contribution is -2.19. The van der Waals surface area contributed by atoms with E-state index in [2.05, 4.69) is 34.1 Å². The van der Waals surface area contributed by atoms with Gasteiger partial charge in [-0.2, -0.15) is 4.98 Å². The maximum atomic E-state index is 11.6. The molecule has 1 aromatic heterocycles. The van der Waals surface area contributed by atoms with Crippen molar-refractivity contribution in [3.05, 3.63) is 10.8 Å². The molecule has 6 heteroatoms. The Balaban J connectivity index is 2.97. The number of hydrogen-bond donors (Lipinski definition) is 1. The molecule has 20 heavy (non-hydrogen) atoms. The van der Waals surface area contributed by atoms with Crippen LogP contribution in [0.5, 0.6) is 0 Å². The Bertz CT molecular complexity index is 491. The Morgan fingerprint density at radius 3 is 2.55 bits per heavy atom. The first kappa shape index (κ1) is 16.6. The van der Waals surface area contributed by atoms with E-state index < -0.39 is 0 Å². The Hall–Kier alpha value is -1.49. The molecule has 0 aliphatic rings. The zero-order chi connectivity index (χ0) is 15.3. The van der Waals surface area contributed by atoms with Crippen molar-refractivity contribution in [2.45, 2.75) is 41.0 Å². The highest BCUT2D eigenvalue weighted by molar-refractivity contribution is 6.32. The van der Waals surface area contributed by atoms with Crippen molar-refractivity contribution < 1.29 is 4.79 Å². The molecule has 0 aromatic carbocycles. The average molecular weight is 297 g/mol. The lowest BCUT2D eigenvalue weighted by molar-refractivity contribution is -0.118. The summed E-state index contributed by atoms with van der Waals surface area (Å²) in [4.78, 5) is 24.2. The third-order valence-electron chi connectivity index (χ3n) is 2.88. The fraction of sp³-hybridized carbons (Fsp3) is 0.571. The van der Waals surface area contributed by atoms with Crippen LogP contribution < -0.4 is 5.32 Å². The van der Waals surface area contributed by atoms with E-state index in [0.29, 0.717) is 17.3 Å². The highest BCUT2D eigenvalue weighted by Gasteiger charge is 2.13. The number of amides is 1. The minimum atomic E-state index is -0.142. The summed E-state index contributed by atoms with van der Waals surface area (Å²) in [5, 5.41) is 2.88. The van der Waals surface area contributed by atoms with Gasteiger partial charge in [-0.25, -0.2) is 4.98 Å². The summed E-state index contributed by atoms with van der Waals surface area (Å²) in [6, 6.07) is 0. The second-order valence-corrected chi connectivity index (χ2v) is 5.44. The summed E-state index contributed by atoms with van der Waals surface area (Å²) in [5.41, 5.74) is 1.19. The van der Waals surface area contributed by atoms with Crippen molar-refractivity contribution in [3.63, 3.8) is 0 Å². The third kappa shape index (κ3) is 4.56. The smallest absolute Gasteiger partial charge is 0.231 e. The summed E-state index contributed by atoms with van der Waals surface area (Å²) in [6.07, 6.45) is 2.84. The molecule has 0 saturated heterocycles. The number of nitrogens with one attached hydrogen (secondary N) is 1. The molecule has 1 N–H and O–H groups in total. The molecule has 1 aromatic rings. The number of aryl methyl sites for hydroxylation is 1. The molecule has 5 nitrogen and oxygen atoms in total. The summed E-state index contributed by atoms with van der Waals surface area (Å²) in [7, 11) is 0. The Morgan fingerprint density at radius 2 is 2.05 bits per heavy atom. The summed E-state index contributed by atoms with van der Waals surface area (Å²) < 4.78 is 0. The predicted octanol–water partition coefficient (Wildman–Crippen LogP) is 3.78. The predicted molar refractivity (Wildman–Crippen MR) is 82.9 cm³/mol. The van der Waals surface area contributed by atoms with Gasteiger partial charge in [-0.05, 0) is 19.3 Å². The Labute approximate surface area is 124 Å². The summed E-state index contributed by atoms with van der Waals surface area (Å²) in [5.74, 6) is 0.302. The highest BCUT2D eigenvalue weighted by atomic mass is 35.5. The number of rotatable bonds is 5. The van der Waals surface area contributed by atoms with Gasteiger partial charge in [0, 0.05) is 12.1 Å². The number of nitrogens with zero attached hydrogens (tertiary/aromatic N) is 3. The van der Waals surface area contributed by atoms with Gasteiger partial charge in [0.15, 0.2) is 5.15 Å². The van der Waals surface area contributed by atoms with Gasteiger partial charge in [0.25, 0.3) is 0 Å². The van der Waals surface area contributed by atoms with Crippen LogP contribution in [0.2, 0.25) is 5.15 Å². The molecule has 0 fully saturated rings. The van der Waals surface area contributed by atoms with E-state index in [1.807, 2.05) is 6.21 Å². The van der Waals surface area contributed by atoms with E-state index in [0.717, 1.165) is 6.42 Å². The van der Waals surface area contributed by atoms with Crippen molar-refractivity contribution in [1.29, 1.82) is 0 Å². The standard InChI is InChI=1S/C14H21ClN4O/c1-6-9(4)7-16-11-10(5)17-14(18-12(11)15)19-13(20)8(2)3/h7-9H,6H2,1-5H3,(H,17,18,19,20). The van der Waals surface area contributed by atoms with Crippen LogP contribution in [0.25, 0.3) is 0 Å². The molecule has 110 valence electrons. The molecule has 0 aliphatic heterocycles. The second kappa shape index (κ2) is 7.33. The van der Waals surface area contributed by atoms with Crippen molar-refractivity contribution in [2.24, 2.45) is 16.8 Å². The molecule has 0 bridgehead atoms. The van der Waals surface area contributed by atoms with E-state index in [-0.39, 0.29) is 22.9 Å². The molecule has 0 radical (unpaired) electrons. The molecule has 1 amide bonds. The molecule has 0 spiro atoms. The first-order chi connectivity index (χ1) is 9.35. The quantitative estimate of drug-likeness (QED) is 0.664. The minimum Gasteiger partial charge on any atom is -0.294 e. The average Bonchev–Trinajstić information content (AvgIpc) is 2.37. The van der Waals surface area contributed by atoms with Gasteiger partial charge in [-0.1, -0.05) is 39.3 Å². The normalized spacial score (nSPS) is 12.9. The van der Waals surface area contributed by atoms with Crippen LogP contribution >= 0.6 is 11.6 Å². The number of aromatic nitrogens is 2. The fourth-order valence-electron chi connectivity index (χ4n) is 1.30. The lowest BCUT2D eigenvalue weighted by atomic mass is 10.1. The SMILES string of the molecule is CCC(C)C=Nc1c(C)nc(NC(=O)C(C)C)nc1Cl. The zero-order valence-corrected chi connectivity index (χ0v) is 13.3.